The van der Waals surface area contributed by atoms with E-state index in [1.807, 2.05) is 0 Å². The van der Waals surface area contributed by atoms with Gasteiger partial charge in [-0.2, -0.15) is 0 Å². The number of nitrogens with one attached hydrogen (secondary N) is 1. The minimum atomic E-state index is 0.362. The summed E-state index contributed by atoms with van der Waals surface area (Å²) < 4.78 is 7.30. The van der Waals surface area contributed by atoms with Gasteiger partial charge in [-0.15, -0.1) is 0 Å². The van der Waals surface area contributed by atoms with E-state index in [2.05, 4.69) is 53.3 Å². The SMILES string of the molecule is CCNC(C)c1ccc(OC2CCCCCC2)cc1Br. The van der Waals surface area contributed by atoms with Gasteiger partial charge in [-0.3, -0.25) is 0 Å². The van der Waals surface area contributed by atoms with Crippen molar-refractivity contribution in [2.75, 3.05) is 6.54 Å². The molecule has 1 aromatic carbocycles. The molecule has 0 aromatic heterocycles. The van der Waals surface area contributed by atoms with Crippen LogP contribution in [0, 0.1) is 0 Å². The smallest absolute Gasteiger partial charge is 0.120 e. The Kier molecular flexibility index (Phi) is 6.37. The van der Waals surface area contributed by atoms with Gasteiger partial charge in [0.25, 0.3) is 0 Å². The van der Waals surface area contributed by atoms with Crippen molar-refractivity contribution in [1.82, 2.24) is 5.32 Å². The first-order valence-electron chi connectivity index (χ1n) is 7.90. The second-order valence-electron chi connectivity index (χ2n) is 5.69. The highest BCUT2D eigenvalue weighted by Gasteiger charge is 2.15. The van der Waals surface area contributed by atoms with E-state index >= 15 is 0 Å². The molecule has 2 rings (SSSR count). The van der Waals surface area contributed by atoms with E-state index in [0.717, 1.165) is 16.8 Å². The van der Waals surface area contributed by atoms with E-state index in [4.69, 9.17) is 4.74 Å². The monoisotopic (exact) mass is 339 g/mol. The van der Waals surface area contributed by atoms with Crippen LogP contribution in [-0.4, -0.2) is 12.6 Å². The van der Waals surface area contributed by atoms with Gasteiger partial charge in [0.05, 0.1) is 6.10 Å². The van der Waals surface area contributed by atoms with E-state index < -0.39 is 0 Å². The maximum atomic E-state index is 6.16. The Morgan fingerprint density at radius 1 is 1.25 bits per heavy atom. The van der Waals surface area contributed by atoms with Gasteiger partial charge in [-0.25, -0.2) is 0 Å². The fourth-order valence-electron chi connectivity index (χ4n) is 2.90. The van der Waals surface area contributed by atoms with Crippen molar-refractivity contribution < 1.29 is 4.74 Å². The highest BCUT2D eigenvalue weighted by atomic mass is 79.9. The predicted octanol–water partition coefficient (Wildman–Crippen LogP) is 5.22. The van der Waals surface area contributed by atoms with Crippen LogP contribution in [0.25, 0.3) is 0 Å². The molecule has 0 heterocycles. The molecule has 1 fully saturated rings. The Morgan fingerprint density at radius 2 is 1.95 bits per heavy atom. The van der Waals surface area contributed by atoms with Gasteiger partial charge in [0.15, 0.2) is 0 Å². The Bertz CT molecular complexity index is 413. The summed E-state index contributed by atoms with van der Waals surface area (Å²) in [7, 11) is 0. The van der Waals surface area contributed by atoms with E-state index in [9.17, 15) is 0 Å². The Hall–Kier alpha value is -0.540. The van der Waals surface area contributed by atoms with Gasteiger partial charge in [0, 0.05) is 10.5 Å². The van der Waals surface area contributed by atoms with Gasteiger partial charge in [-0.1, -0.05) is 41.8 Å². The molecule has 0 aliphatic heterocycles. The summed E-state index contributed by atoms with van der Waals surface area (Å²) >= 11 is 3.68. The highest BCUT2D eigenvalue weighted by molar-refractivity contribution is 9.10. The minimum absolute atomic E-state index is 0.362. The van der Waals surface area contributed by atoms with Crippen molar-refractivity contribution in [3.05, 3.63) is 28.2 Å². The first-order chi connectivity index (χ1) is 9.70. The van der Waals surface area contributed by atoms with Crippen LogP contribution in [0.3, 0.4) is 0 Å². The molecule has 20 heavy (non-hydrogen) atoms. The maximum absolute atomic E-state index is 6.16. The molecule has 1 aromatic rings. The topological polar surface area (TPSA) is 21.3 Å². The average molecular weight is 340 g/mol. The van der Waals surface area contributed by atoms with Crippen LogP contribution < -0.4 is 10.1 Å². The summed E-state index contributed by atoms with van der Waals surface area (Å²) in [6.45, 7) is 5.30. The molecule has 1 N–H and O–H groups in total. The lowest BCUT2D eigenvalue weighted by atomic mass is 10.1. The molecule has 112 valence electrons. The number of rotatable bonds is 5. The quantitative estimate of drug-likeness (QED) is 0.742. The normalized spacial score (nSPS) is 18.6. The molecule has 1 aliphatic rings. The van der Waals surface area contributed by atoms with Crippen LogP contribution in [0.2, 0.25) is 0 Å². The van der Waals surface area contributed by atoms with Gasteiger partial charge in [0.2, 0.25) is 0 Å². The lowest BCUT2D eigenvalue weighted by molar-refractivity contribution is 0.183. The number of ether oxygens (including phenoxy) is 1. The zero-order valence-corrected chi connectivity index (χ0v) is 14.2. The van der Waals surface area contributed by atoms with Crippen LogP contribution in [0.4, 0.5) is 0 Å². The summed E-state index contributed by atoms with van der Waals surface area (Å²) in [4.78, 5) is 0. The van der Waals surface area contributed by atoms with Crippen molar-refractivity contribution in [1.29, 1.82) is 0 Å². The van der Waals surface area contributed by atoms with Crippen LogP contribution in [0.5, 0.6) is 5.75 Å². The van der Waals surface area contributed by atoms with E-state index in [0.29, 0.717) is 12.1 Å². The molecule has 0 amide bonds. The fraction of sp³-hybridized carbons (Fsp3) is 0.647. The maximum Gasteiger partial charge on any atom is 0.120 e. The Labute approximate surface area is 131 Å². The van der Waals surface area contributed by atoms with Crippen LogP contribution in [0.15, 0.2) is 22.7 Å². The highest BCUT2D eigenvalue weighted by Crippen LogP contribution is 2.29. The molecule has 0 saturated heterocycles. The van der Waals surface area contributed by atoms with Gasteiger partial charge in [0.1, 0.15) is 5.75 Å². The Balaban J connectivity index is 2.00. The Morgan fingerprint density at radius 3 is 2.55 bits per heavy atom. The van der Waals surface area contributed by atoms with Crippen molar-refractivity contribution in [3.63, 3.8) is 0 Å². The van der Waals surface area contributed by atoms with Crippen molar-refractivity contribution >= 4 is 15.9 Å². The summed E-state index contributed by atoms with van der Waals surface area (Å²) in [6, 6.07) is 6.76. The number of halogens is 1. The molecule has 1 unspecified atom stereocenters. The van der Waals surface area contributed by atoms with Crippen molar-refractivity contribution in [2.24, 2.45) is 0 Å². The molecule has 1 atom stereocenters. The number of hydrogen-bond acceptors (Lipinski definition) is 2. The first kappa shape index (κ1) is 15.8. The first-order valence-corrected chi connectivity index (χ1v) is 8.69. The molecule has 1 saturated carbocycles. The lowest BCUT2D eigenvalue weighted by Gasteiger charge is -2.19. The molecule has 0 bridgehead atoms. The summed E-state index contributed by atoms with van der Waals surface area (Å²) in [5.41, 5.74) is 1.29. The van der Waals surface area contributed by atoms with Gasteiger partial charge in [-0.05, 0) is 56.8 Å². The largest absolute Gasteiger partial charge is 0.490 e. The molecular weight excluding hydrogens is 314 g/mol. The molecule has 3 heteroatoms. The van der Waals surface area contributed by atoms with Crippen molar-refractivity contribution in [2.45, 2.75) is 64.5 Å². The molecule has 0 spiro atoms. The molecule has 1 aliphatic carbocycles. The van der Waals surface area contributed by atoms with Gasteiger partial charge >= 0.3 is 0 Å². The molecule has 0 radical (unpaired) electrons. The van der Waals surface area contributed by atoms with Crippen molar-refractivity contribution in [3.8, 4) is 5.75 Å². The lowest BCUT2D eigenvalue weighted by Crippen LogP contribution is -2.18. The van der Waals surface area contributed by atoms with E-state index in [-0.39, 0.29) is 0 Å². The second-order valence-corrected chi connectivity index (χ2v) is 6.55. The number of hydrogen-bond donors (Lipinski definition) is 1. The zero-order valence-electron chi connectivity index (χ0n) is 12.6. The average Bonchev–Trinajstić information content (AvgIpc) is 2.67. The zero-order chi connectivity index (χ0) is 14.4. The standard InChI is InChI=1S/C17H26BrNO/c1-3-19-13(2)16-11-10-15(12-17(16)18)20-14-8-6-4-5-7-9-14/h10-14,19H,3-9H2,1-2H3. The van der Waals surface area contributed by atoms with E-state index in [1.165, 1.54) is 44.1 Å². The van der Waals surface area contributed by atoms with Crippen LogP contribution in [0.1, 0.15) is 64.0 Å². The van der Waals surface area contributed by atoms with Crippen LogP contribution >= 0.6 is 15.9 Å². The fourth-order valence-corrected chi connectivity index (χ4v) is 3.60. The third kappa shape index (κ3) is 4.49. The molecular formula is C17H26BrNO. The predicted molar refractivity (Wildman–Crippen MR) is 88.4 cm³/mol. The summed E-state index contributed by atoms with van der Waals surface area (Å²) in [5, 5.41) is 3.44. The summed E-state index contributed by atoms with van der Waals surface area (Å²) in [5.74, 6) is 0.997. The number of benzene rings is 1. The van der Waals surface area contributed by atoms with Crippen LogP contribution in [-0.2, 0) is 0 Å². The minimum Gasteiger partial charge on any atom is -0.490 e. The van der Waals surface area contributed by atoms with Gasteiger partial charge < -0.3 is 10.1 Å². The summed E-state index contributed by atoms with van der Waals surface area (Å²) in [6.07, 6.45) is 8.15. The third-order valence-corrected chi connectivity index (χ3v) is 4.74. The molecule has 2 nitrogen and oxygen atoms in total. The van der Waals surface area contributed by atoms with E-state index in [1.54, 1.807) is 0 Å². The third-order valence-electron chi connectivity index (χ3n) is 4.05. The second kappa shape index (κ2) is 8.04.